The van der Waals surface area contributed by atoms with E-state index in [2.05, 4.69) is 22.3 Å². The Bertz CT molecular complexity index is 495. The predicted molar refractivity (Wildman–Crippen MR) is 72.7 cm³/mol. The van der Waals surface area contributed by atoms with Gasteiger partial charge in [-0.15, -0.1) is 0 Å². The summed E-state index contributed by atoms with van der Waals surface area (Å²) in [5.41, 5.74) is 1.92. The highest BCUT2D eigenvalue weighted by Crippen LogP contribution is 2.27. The van der Waals surface area contributed by atoms with E-state index in [9.17, 15) is 0 Å². The molecule has 96 valence electrons. The number of nitrogens with zero attached hydrogens (tertiary/aromatic N) is 3. The maximum absolute atomic E-state index is 6.25. The second-order valence-corrected chi connectivity index (χ2v) is 4.48. The molecule has 0 saturated carbocycles. The molecule has 18 heavy (non-hydrogen) atoms. The van der Waals surface area contributed by atoms with Crippen LogP contribution in [0.1, 0.15) is 30.8 Å². The zero-order chi connectivity index (χ0) is 13.0. The molecular formula is C13H17ClN4. The lowest BCUT2D eigenvalue weighted by Crippen LogP contribution is -2.23. The minimum Gasteiger partial charge on any atom is -0.307 e. The van der Waals surface area contributed by atoms with Crippen molar-refractivity contribution in [2.45, 2.75) is 25.9 Å². The Kier molecular flexibility index (Phi) is 4.33. The zero-order valence-electron chi connectivity index (χ0n) is 10.6. The number of nitrogens with one attached hydrogen (secondary N) is 1. The summed E-state index contributed by atoms with van der Waals surface area (Å²) in [7, 11) is 1.90. The maximum atomic E-state index is 6.25. The second kappa shape index (κ2) is 5.98. The van der Waals surface area contributed by atoms with Crippen LogP contribution >= 0.6 is 11.6 Å². The molecule has 0 aromatic carbocycles. The third-order valence-corrected chi connectivity index (χ3v) is 3.11. The van der Waals surface area contributed by atoms with Crippen molar-refractivity contribution in [3.05, 3.63) is 47.0 Å². The maximum Gasteiger partial charge on any atom is 0.0934 e. The van der Waals surface area contributed by atoms with E-state index in [1.807, 2.05) is 29.9 Å². The Hall–Kier alpha value is -1.39. The van der Waals surface area contributed by atoms with Crippen LogP contribution in [-0.2, 0) is 6.54 Å². The van der Waals surface area contributed by atoms with Crippen LogP contribution in [0.2, 0.25) is 5.02 Å². The van der Waals surface area contributed by atoms with Crippen molar-refractivity contribution in [3.8, 4) is 0 Å². The number of pyridine rings is 1. The summed E-state index contributed by atoms with van der Waals surface area (Å²) in [6.45, 7) is 2.97. The van der Waals surface area contributed by atoms with Crippen molar-refractivity contribution < 1.29 is 0 Å². The Morgan fingerprint density at radius 3 is 2.89 bits per heavy atom. The first-order chi connectivity index (χ1) is 8.77. The lowest BCUT2D eigenvalue weighted by atomic mass is 10.1. The fourth-order valence-electron chi connectivity index (χ4n) is 2.02. The Balaban J connectivity index is 2.41. The van der Waals surface area contributed by atoms with Crippen molar-refractivity contribution in [3.63, 3.8) is 0 Å². The van der Waals surface area contributed by atoms with Gasteiger partial charge in [0.2, 0.25) is 0 Å². The van der Waals surface area contributed by atoms with Crippen LogP contribution in [0.15, 0.2) is 30.6 Å². The van der Waals surface area contributed by atoms with E-state index in [4.69, 9.17) is 11.6 Å². The standard InChI is InChI=1S/C13H17ClN4/c1-3-8-18-13(10(14)9-17-18)12(15-2)11-6-4-5-7-16-11/h4-7,9,12,15H,3,8H2,1-2H3. The highest BCUT2D eigenvalue weighted by molar-refractivity contribution is 6.31. The van der Waals surface area contributed by atoms with E-state index >= 15 is 0 Å². The van der Waals surface area contributed by atoms with Gasteiger partial charge < -0.3 is 5.32 Å². The molecule has 0 aliphatic rings. The molecule has 0 fully saturated rings. The van der Waals surface area contributed by atoms with Crippen LogP contribution in [0.25, 0.3) is 0 Å². The number of aryl methyl sites for hydroxylation is 1. The van der Waals surface area contributed by atoms with Gasteiger partial charge >= 0.3 is 0 Å². The van der Waals surface area contributed by atoms with Gasteiger partial charge in [0.25, 0.3) is 0 Å². The normalized spacial score (nSPS) is 12.6. The molecular weight excluding hydrogens is 248 g/mol. The highest BCUT2D eigenvalue weighted by atomic mass is 35.5. The summed E-state index contributed by atoms with van der Waals surface area (Å²) in [5, 5.41) is 8.24. The van der Waals surface area contributed by atoms with Gasteiger partial charge in [-0.1, -0.05) is 24.6 Å². The summed E-state index contributed by atoms with van der Waals surface area (Å²) >= 11 is 6.25. The van der Waals surface area contributed by atoms with E-state index in [1.54, 1.807) is 12.4 Å². The predicted octanol–water partition coefficient (Wildman–Crippen LogP) is 2.65. The third kappa shape index (κ3) is 2.54. The van der Waals surface area contributed by atoms with Gasteiger partial charge in [0.15, 0.2) is 0 Å². The van der Waals surface area contributed by atoms with Crippen LogP contribution in [0.4, 0.5) is 0 Å². The van der Waals surface area contributed by atoms with Gasteiger partial charge in [0, 0.05) is 12.7 Å². The molecule has 0 amide bonds. The largest absolute Gasteiger partial charge is 0.307 e. The van der Waals surface area contributed by atoms with Crippen LogP contribution in [0, 0.1) is 0 Å². The van der Waals surface area contributed by atoms with Gasteiger partial charge in [0.05, 0.1) is 28.6 Å². The first-order valence-corrected chi connectivity index (χ1v) is 6.45. The van der Waals surface area contributed by atoms with Gasteiger partial charge in [-0.2, -0.15) is 5.10 Å². The summed E-state index contributed by atoms with van der Waals surface area (Å²) in [4.78, 5) is 4.39. The molecule has 0 radical (unpaired) electrons. The van der Waals surface area contributed by atoms with Crippen LogP contribution in [-0.4, -0.2) is 21.8 Å². The molecule has 2 aromatic heterocycles. The number of aromatic nitrogens is 3. The SMILES string of the molecule is CCCn1ncc(Cl)c1C(NC)c1ccccn1. The molecule has 0 aliphatic carbocycles. The van der Waals surface area contributed by atoms with Crippen LogP contribution in [0.5, 0.6) is 0 Å². The monoisotopic (exact) mass is 264 g/mol. The molecule has 2 heterocycles. The summed E-state index contributed by atoms with van der Waals surface area (Å²) in [6.07, 6.45) is 4.50. The summed E-state index contributed by atoms with van der Waals surface area (Å²) in [5.74, 6) is 0. The lowest BCUT2D eigenvalue weighted by Gasteiger charge is -2.18. The molecule has 2 aromatic rings. The van der Waals surface area contributed by atoms with E-state index in [1.165, 1.54) is 0 Å². The van der Waals surface area contributed by atoms with Crippen LogP contribution < -0.4 is 5.32 Å². The third-order valence-electron chi connectivity index (χ3n) is 2.81. The molecule has 5 heteroatoms. The average molecular weight is 265 g/mol. The summed E-state index contributed by atoms with van der Waals surface area (Å²) in [6, 6.07) is 5.83. The Morgan fingerprint density at radius 2 is 2.28 bits per heavy atom. The number of rotatable bonds is 5. The molecule has 0 spiro atoms. The van der Waals surface area contributed by atoms with Crippen molar-refractivity contribution in [2.24, 2.45) is 0 Å². The minimum atomic E-state index is -0.0345. The smallest absolute Gasteiger partial charge is 0.0934 e. The van der Waals surface area contributed by atoms with Gasteiger partial charge in [-0.3, -0.25) is 9.67 Å². The minimum absolute atomic E-state index is 0.0345. The van der Waals surface area contributed by atoms with Gasteiger partial charge in [-0.05, 0) is 25.6 Å². The van der Waals surface area contributed by atoms with E-state index < -0.39 is 0 Å². The quantitative estimate of drug-likeness (QED) is 0.903. The molecule has 4 nitrogen and oxygen atoms in total. The molecule has 0 bridgehead atoms. The molecule has 0 saturated heterocycles. The van der Waals surface area contributed by atoms with Crippen molar-refractivity contribution in [1.29, 1.82) is 0 Å². The first-order valence-electron chi connectivity index (χ1n) is 6.07. The zero-order valence-corrected chi connectivity index (χ0v) is 11.4. The fraction of sp³-hybridized carbons (Fsp3) is 0.385. The number of hydrogen-bond acceptors (Lipinski definition) is 3. The Labute approximate surface area is 112 Å². The van der Waals surface area contributed by atoms with Gasteiger partial charge in [-0.25, -0.2) is 0 Å². The Morgan fingerprint density at radius 1 is 1.44 bits per heavy atom. The van der Waals surface area contributed by atoms with Crippen molar-refractivity contribution >= 4 is 11.6 Å². The molecule has 2 rings (SSSR count). The fourth-order valence-corrected chi connectivity index (χ4v) is 2.27. The first kappa shape index (κ1) is 13.1. The van der Waals surface area contributed by atoms with Gasteiger partial charge in [0.1, 0.15) is 0 Å². The molecule has 1 N–H and O–H groups in total. The topological polar surface area (TPSA) is 42.7 Å². The van der Waals surface area contributed by atoms with Crippen molar-refractivity contribution in [1.82, 2.24) is 20.1 Å². The van der Waals surface area contributed by atoms with E-state index in [-0.39, 0.29) is 6.04 Å². The molecule has 1 atom stereocenters. The average Bonchev–Trinajstić information content (AvgIpc) is 2.75. The summed E-state index contributed by atoms with van der Waals surface area (Å²) < 4.78 is 1.94. The molecule has 1 unspecified atom stereocenters. The molecule has 0 aliphatic heterocycles. The van der Waals surface area contributed by atoms with E-state index in [0.717, 1.165) is 24.4 Å². The highest BCUT2D eigenvalue weighted by Gasteiger charge is 2.21. The number of hydrogen-bond donors (Lipinski definition) is 1. The van der Waals surface area contributed by atoms with E-state index in [0.29, 0.717) is 5.02 Å². The van der Waals surface area contributed by atoms with Crippen LogP contribution in [0.3, 0.4) is 0 Å². The lowest BCUT2D eigenvalue weighted by molar-refractivity contribution is 0.529. The van der Waals surface area contributed by atoms with Crippen molar-refractivity contribution in [2.75, 3.05) is 7.05 Å². The number of halogens is 1. The second-order valence-electron chi connectivity index (χ2n) is 4.08.